The maximum absolute atomic E-state index is 13.1. The molecular weight excluding hydrogens is 438 g/mol. The average molecular weight is 452 g/mol. The molecule has 10 heteroatoms. The molecule has 1 aromatic heterocycles. The molecule has 2 aliphatic heterocycles. The number of rotatable bonds is 3. The third-order valence-electron chi connectivity index (χ3n) is 3.98. The number of fused-ring (bicyclic) bond motifs is 1. The molecule has 1 N–H and O–H groups in total. The highest BCUT2D eigenvalue weighted by Crippen LogP contribution is 2.42. The highest BCUT2D eigenvalue weighted by atomic mass is 35.5. The van der Waals surface area contributed by atoms with E-state index in [2.05, 4.69) is 10.3 Å². The Hall–Kier alpha value is -2.07. The number of thioether (sulfide) groups is 2. The number of ketones is 2. The van der Waals surface area contributed by atoms with Crippen molar-refractivity contribution < 1.29 is 14.4 Å². The Kier molecular flexibility index (Phi) is 6.61. The first-order valence-electron chi connectivity index (χ1n) is 7.98. The Morgan fingerprint density at radius 2 is 1.93 bits per heavy atom. The van der Waals surface area contributed by atoms with E-state index < -0.39 is 0 Å². The third kappa shape index (κ3) is 4.02. The number of amides is 1. The van der Waals surface area contributed by atoms with Crippen LogP contribution in [0.1, 0.15) is 10.4 Å². The minimum Gasteiger partial charge on any atom is -0.352 e. The standard InChI is InChI=1S/C18H13N3O3S3.ClH/c22-13-10-21(14(23)9-20-18-19-5-6-27-18)12-4-2-1-3-11(12)16(24)15(13)17-25-7-8-26-17;/h1-8H,9-10H2,(H,19,20);1H. The Morgan fingerprint density at radius 1 is 1.18 bits per heavy atom. The lowest BCUT2D eigenvalue weighted by molar-refractivity contribution is -0.120. The zero-order valence-corrected chi connectivity index (χ0v) is 17.6. The van der Waals surface area contributed by atoms with Crippen LogP contribution in [0.3, 0.4) is 0 Å². The molecule has 144 valence electrons. The van der Waals surface area contributed by atoms with Crippen LogP contribution in [0.4, 0.5) is 10.8 Å². The van der Waals surface area contributed by atoms with Gasteiger partial charge in [-0.15, -0.1) is 23.7 Å². The van der Waals surface area contributed by atoms with E-state index in [1.165, 1.54) is 39.8 Å². The molecule has 28 heavy (non-hydrogen) atoms. The van der Waals surface area contributed by atoms with Gasteiger partial charge in [-0.1, -0.05) is 35.7 Å². The van der Waals surface area contributed by atoms with Crippen molar-refractivity contribution in [3.63, 3.8) is 0 Å². The van der Waals surface area contributed by atoms with Gasteiger partial charge >= 0.3 is 0 Å². The van der Waals surface area contributed by atoms with Crippen molar-refractivity contribution in [1.29, 1.82) is 0 Å². The number of para-hydroxylation sites is 1. The Morgan fingerprint density at radius 3 is 2.64 bits per heavy atom. The second-order valence-corrected chi connectivity index (χ2v) is 8.60. The van der Waals surface area contributed by atoms with Crippen molar-refractivity contribution in [1.82, 2.24) is 4.98 Å². The first-order chi connectivity index (χ1) is 13.1. The second-order valence-electron chi connectivity index (χ2n) is 5.61. The third-order valence-corrected chi connectivity index (χ3v) is 6.84. The van der Waals surface area contributed by atoms with E-state index in [1.54, 1.807) is 35.8 Å². The summed E-state index contributed by atoms with van der Waals surface area (Å²) in [6, 6.07) is 6.84. The van der Waals surface area contributed by atoms with Crippen LogP contribution in [0.25, 0.3) is 0 Å². The van der Waals surface area contributed by atoms with Gasteiger partial charge in [0.15, 0.2) is 16.7 Å². The number of halogens is 1. The van der Waals surface area contributed by atoms with Gasteiger partial charge in [-0.25, -0.2) is 4.98 Å². The van der Waals surface area contributed by atoms with Gasteiger partial charge < -0.3 is 10.2 Å². The molecule has 2 aromatic rings. The van der Waals surface area contributed by atoms with Crippen molar-refractivity contribution in [2.45, 2.75) is 0 Å². The number of Topliss-reactive ketones (excluding diaryl/α,β-unsaturated/α-hetero) is 2. The molecule has 0 unspecified atom stereocenters. The minimum atomic E-state index is -0.350. The monoisotopic (exact) mass is 451 g/mol. The summed E-state index contributed by atoms with van der Waals surface area (Å²) < 4.78 is 0.662. The summed E-state index contributed by atoms with van der Waals surface area (Å²) in [5.41, 5.74) is 0.977. The van der Waals surface area contributed by atoms with E-state index in [0.29, 0.717) is 20.6 Å². The lowest BCUT2D eigenvalue weighted by atomic mass is 10.0. The Balaban J connectivity index is 0.00000225. The van der Waals surface area contributed by atoms with Crippen LogP contribution in [-0.2, 0) is 9.59 Å². The number of anilines is 2. The molecule has 0 aliphatic carbocycles. The summed E-state index contributed by atoms with van der Waals surface area (Å²) in [5.74, 6) is -0.982. The zero-order valence-electron chi connectivity index (χ0n) is 14.3. The quantitative estimate of drug-likeness (QED) is 0.559. The van der Waals surface area contributed by atoms with Crippen LogP contribution in [0.2, 0.25) is 0 Å². The number of carbonyl (C=O) groups is 3. The minimum absolute atomic E-state index is 0. The van der Waals surface area contributed by atoms with Crippen LogP contribution < -0.4 is 10.2 Å². The van der Waals surface area contributed by atoms with Crippen LogP contribution in [-0.4, -0.2) is 35.5 Å². The number of nitrogens with zero attached hydrogens (tertiary/aromatic N) is 2. The Bertz CT molecular complexity index is 979. The van der Waals surface area contributed by atoms with Crippen LogP contribution in [0.5, 0.6) is 0 Å². The van der Waals surface area contributed by atoms with Gasteiger partial charge in [0.1, 0.15) is 0 Å². The van der Waals surface area contributed by atoms with E-state index in [4.69, 9.17) is 0 Å². The van der Waals surface area contributed by atoms with Gasteiger partial charge in [-0.3, -0.25) is 14.4 Å². The van der Waals surface area contributed by atoms with Gasteiger partial charge in [0.25, 0.3) is 0 Å². The smallest absolute Gasteiger partial charge is 0.246 e. The molecule has 0 bridgehead atoms. The van der Waals surface area contributed by atoms with Crippen molar-refractivity contribution in [3.05, 3.63) is 62.0 Å². The molecule has 6 nitrogen and oxygen atoms in total. The topological polar surface area (TPSA) is 79.4 Å². The van der Waals surface area contributed by atoms with Crippen molar-refractivity contribution in [2.75, 3.05) is 23.3 Å². The number of hydrogen-bond donors (Lipinski definition) is 1. The fourth-order valence-electron chi connectivity index (χ4n) is 2.78. The van der Waals surface area contributed by atoms with Gasteiger partial charge in [0, 0.05) is 17.1 Å². The Labute approximate surface area is 179 Å². The number of carbonyl (C=O) groups excluding carboxylic acids is 3. The molecule has 0 spiro atoms. The van der Waals surface area contributed by atoms with Gasteiger partial charge in [0.05, 0.1) is 28.6 Å². The maximum Gasteiger partial charge on any atom is 0.246 e. The van der Waals surface area contributed by atoms with E-state index in [9.17, 15) is 14.4 Å². The fourth-order valence-corrected chi connectivity index (χ4v) is 5.21. The molecule has 0 radical (unpaired) electrons. The van der Waals surface area contributed by atoms with Crippen molar-refractivity contribution in [2.24, 2.45) is 0 Å². The first-order valence-corrected chi connectivity index (χ1v) is 10.6. The molecule has 3 heterocycles. The van der Waals surface area contributed by atoms with Gasteiger partial charge in [-0.2, -0.15) is 0 Å². The summed E-state index contributed by atoms with van der Waals surface area (Å²) in [4.78, 5) is 44.2. The van der Waals surface area contributed by atoms with Crippen molar-refractivity contribution in [3.8, 4) is 0 Å². The normalized spacial score (nSPS) is 15.9. The van der Waals surface area contributed by atoms with E-state index in [1.807, 2.05) is 10.8 Å². The van der Waals surface area contributed by atoms with E-state index in [-0.39, 0.29) is 48.5 Å². The number of aromatic nitrogens is 1. The number of benzene rings is 1. The van der Waals surface area contributed by atoms with E-state index in [0.717, 1.165) is 0 Å². The SMILES string of the molecule is Cl.O=C1CN(C(=O)CNc2nccs2)c2ccccc2C(=O)C1=C1SC=CS1. The number of nitrogens with one attached hydrogen (secondary N) is 1. The molecule has 0 atom stereocenters. The molecule has 2 aliphatic rings. The largest absolute Gasteiger partial charge is 0.352 e. The van der Waals surface area contributed by atoms with Gasteiger partial charge in [-0.05, 0) is 22.9 Å². The summed E-state index contributed by atoms with van der Waals surface area (Å²) in [6.07, 6.45) is 1.64. The average Bonchev–Trinajstić information content (AvgIpc) is 3.37. The number of hydrogen-bond acceptors (Lipinski definition) is 8. The molecule has 4 rings (SSSR count). The van der Waals surface area contributed by atoms with Crippen LogP contribution in [0, 0.1) is 0 Å². The lowest BCUT2D eigenvalue weighted by Crippen LogP contribution is -2.39. The predicted molar refractivity (Wildman–Crippen MR) is 117 cm³/mol. The maximum atomic E-state index is 13.1. The molecule has 0 saturated carbocycles. The summed E-state index contributed by atoms with van der Waals surface area (Å²) in [6.45, 7) is -0.179. The molecular formula is C18H14ClN3O3S3. The lowest BCUT2D eigenvalue weighted by Gasteiger charge is -2.21. The zero-order chi connectivity index (χ0) is 18.8. The number of thiazole rings is 1. The highest BCUT2D eigenvalue weighted by molar-refractivity contribution is 8.27. The first kappa shape index (κ1) is 20.7. The van der Waals surface area contributed by atoms with Crippen LogP contribution >= 0.6 is 47.3 Å². The molecule has 1 aromatic carbocycles. The van der Waals surface area contributed by atoms with Crippen molar-refractivity contribution >= 4 is 75.6 Å². The fraction of sp³-hybridized carbons (Fsp3) is 0.111. The molecule has 1 amide bonds. The molecule has 0 saturated heterocycles. The van der Waals surface area contributed by atoms with Crippen LogP contribution in [0.15, 0.2) is 56.5 Å². The molecule has 0 fully saturated rings. The summed E-state index contributed by atoms with van der Waals surface area (Å²) >= 11 is 4.10. The highest BCUT2D eigenvalue weighted by Gasteiger charge is 2.35. The predicted octanol–water partition coefficient (Wildman–Crippen LogP) is 3.94. The summed E-state index contributed by atoms with van der Waals surface area (Å²) in [5, 5.41) is 9.06. The second kappa shape index (κ2) is 8.95. The van der Waals surface area contributed by atoms with Gasteiger partial charge in [0.2, 0.25) is 5.91 Å². The van der Waals surface area contributed by atoms with E-state index >= 15 is 0 Å². The summed E-state index contributed by atoms with van der Waals surface area (Å²) in [7, 11) is 0.